The van der Waals surface area contributed by atoms with Crippen LogP contribution in [0.4, 0.5) is 5.13 Å². The largest absolute Gasteiger partial charge is 0.300 e. The highest BCUT2D eigenvalue weighted by atomic mass is 32.1. The molecule has 0 saturated carbocycles. The van der Waals surface area contributed by atoms with E-state index in [0.29, 0.717) is 5.13 Å². The van der Waals surface area contributed by atoms with E-state index in [0.717, 1.165) is 22.3 Å². The monoisotopic (exact) mass is 335 g/mol. The maximum absolute atomic E-state index is 12.2. The molecule has 2 heterocycles. The number of rotatable bonds is 4. The van der Waals surface area contributed by atoms with Crippen molar-refractivity contribution in [1.82, 2.24) is 20.0 Å². The summed E-state index contributed by atoms with van der Waals surface area (Å²) in [4.78, 5) is 16.7. The van der Waals surface area contributed by atoms with Crippen molar-refractivity contribution in [1.29, 1.82) is 0 Å². The molecular formula is C17H13N5OS. The Hall–Kier alpha value is -3.06. The van der Waals surface area contributed by atoms with Gasteiger partial charge >= 0.3 is 0 Å². The molecule has 0 aliphatic heterocycles. The second-order valence-electron chi connectivity index (χ2n) is 5.19. The third-order valence-corrected chi connectivity index (χ3v) is 4.29. The Balaban J connectivity index is 1.48. The summed E-state index contributed by atoms with van der Waals surface area (Å²) in [5.74, 6) is -0.181. The maximum Gasteiger partial charge on any atom is 0.247 e. The fourth-order valence-electron chi connectivity index (χ4n) is 2.40. The van der Waals surface area contributed by atoms with Crippen LogP contribution in [-0.2, 0) is 11.3 Å². The van der Waals surface area contributed by atoms with E-state index >= 15 is 0 Å². The molecule has 6 nitrogen and oxygen atoms in total. The van der Waals surface area contributed by atoms with E-state index in [1.807, 2.05) is 60.0 Å². The number of thiazole rings is 1. The maximum atomic E-state index is 12.2. The van der Waals surface area contributed by atoms with E-state index < -0.39 is 0 Å². The van der Waals surface area contributed by atoms with Gasteiger partial charge in [0.05, 0.1) is 11.2 Å². The van der Waals surface area contributed by atoms with Gasteiger partial charge in [-0.3, -0.25) is 4.79 Å². The molecule has 0 radical (unpaired) electrons. The summed E-state index contributed by atoms with van der Waals surface area (Å²) in [6.45, 7) is 0.0980. The van der Waals surface area contributed by atoms with Gasteiger partial charge in [0.25, 0.3) is 0 Å². The third-order valence-electron chi connectivity index (χ3n) is 3.53. The summed E-state index contributed by atoms with van der Waals surface area (Å²) in [7, 11) is 0. The molecule has 4 rings (SSSR count). The lowest BCUT2D eigenvalue weighted by Gasteiger charge is -2.02. The van der Waals surface area contributed by atoms with Crippen LogP contribution in [-0.4, -0.2) is 25.9 Å². The number of para-hydroxylation sites is 1. The summed E-state index contributed by atoms with van der Waals surface area (Å²) in [5, 5.41) is 13.4. The molecule has 2 aromatic heterocycles. The Labute approximate surface area is 141 Å². The molecule has 0 aliphatic carbocycles. The summed E-state index contributed by atoms with van der Waals surface area (Å²) in [6, 6.07) is 17.4. The molecular weight excluding hydrogens is 322 g/mol. The molecule has 0 unspecified atom stereocenters. The summed E-state index contributed by atoms with van der Waals surface area (Å²) in [5.41, 5.74) is 3.47. The highest BCUT2D eigenvalue weighted by Crippen LogP contribution is 2.24. The highest BCUT2D eigenvalue weighted by molar-refractivity contribution is 7.14. The number of nitrogens with zero attached hydrogens (tertiary/aromatic N) is 4. The molecule has 0 bridgehead atoms. The standard InChI is InChI=1S/C17H13N5OS/c23-16(10-22-15-9-5-4-8-13(15)20-21-22)19-17-18-14(11-24-17)12-6-2-1-3-7-12/h1-9,11H,10H2,(H,18,19,23). The molecule has 4 aromatic rings. The van der Waals surface area contributed by atoms with Crippen LogP contribution in [0.15, 0.2) is 60.0 Å². The zero-order valence-corrected chi connectivity index (χ0v) is 13.4. The van der Waals surface area contributed by atoms with E-state index in [2.05, 4.69) is 20.6 Å². The van der Waals surface area contributed by atoms with Gasteiger partial charge in [-0.2, -0.15) is 0 Å². The van der Waals surface area contributed by atoms with Crippen molar-refractivity contribution in [3.05, 3.63) is 60.0 Å². The minimum Gasteiger partial charge on any atom is -0.300 e. The van der Waals surface area contributed by atoms with E-state index in [4.69, 9.17) is 0 Å². The van der Waals surface area contributed by atoms with Crippen LogP contribution >= 0.6 is 11.3 Å². The minimum absolute atomic E-state index is 0.0980. The van der Waals surface area contributed by atoms with Gasteiger partial charge in [-0.1, -0.05) is 47.7 Å². The molecule has 1 N–H and O–H groups in total. The van der Waals surface area contributed by atoms with E-state index in [1.165, 1.54) is 11.3 Å². The smallest absolute Gasteiger partial charge is 0.247 e. The number of hydrogen-bond donors (Lipinski definition) is 1. The minimum atomic E-state index is -0.181. The number of carbonyl (C=O) groups is 1. The molecule has 24 heavy (non-hydrogen) atoms. The fourth-order valence-corrected chi connectivity index (χ4v) is 3.14. The Morgan fingerprint density at radius 1 is 1.08 bits per heavy atom. The zero-order chi connectivity index (χ0) is 16.4. The number of benzene rings is 2. The first kappa shape index (κ1) is 14.5. The van der Waals surface area contributed by atoms with Gasteiger partial charge in [-0.25, -0.2) is 9.67 Å². The van der Waals surface area contributed by atoms with Crippen molar-refractivity contribution in [3.8, 4) is 11.3 Å². The van der Waals surface area contributed by atoms with Crippen LogP contribution in [0.25, 0.3) is 22.3 Å². The number of fused-ring (bicyclic) bond motifs is 1. The topological polar surface area (TPSA) is 72.7 Å². The molecule has 2 aromatic carbocycles. The second kappa shape index (κ2) is 6.21. The first-order chi connectivity index (χ1) is 11.8. The Kier molecular flexibility index (Phi) is 3.76. The normalized spacial score (nSPS) is 10.8. The van der Waals surface area contributed by atoms with E-state index in [1.54, 1.807) is 4.68 Å². The van der Waals surface area contributed by atoms with Crippen molar-refractivity contribution in [3.63, 3.8) is 0 Å². The molecule has 0 fully saturated rings. The summed E-state index contributed by atoms with van der Waals surface area (Å²) in [6.07, 6.45) is 0. The van der Waals surface area contributed by atoms with E-state index in [9.17, 15) is 4.79 Å². The van der Waals surface area contributed by atoms with Crippen molar-refractivity contribution in [2.45, 2.75) is 6.54 Å². The zero-order valence-electron chi connectivity index (χ0n) is 12.6. The number of amides is 1. The molecule has 0 saturated heterocycles. The summed E-state index contributed by atoms with van der Waals surface area (Å²) >= 11 is 1.40. The first-order valence-corrected chi connectivity index (χ1v) is 8.26. The van der Waals surface area contributed by atoms with Crippen LogP contribution in [0.2, 0.25) is 0 Å². The lowest BCUT2D eigenvalue weighted by molar-refractivity contribution is -0.116. The summed E-state index contributed by atoms with van der Waals surface area (Å²) < 4.78 is 1.58. The van der Waals surface area contributed by atoms with Crippen molar-refractivity contribution < 1.29 is 4.79 Å². The average molecular weight is 335 g/mol. The first-order valence-electron chi connectivity index (χ1n) is 7.38. The lowest BCUT2D eigenvalue weighted by atomic mass is 10.2. The van der Waals surface area contributed by atoms with Gasteiger partial charge in [0.15, 0.2) is 5.13 Å². The Bertz CT molecular complexity index is 992. The third kappa shape index (κ3) is 2.89. The van der Waals surface area contributed by atoms with Crippen LogP contribution in [0.5, 0.6) is 0 Å². The highest BCUT2D eigenvalue weighted by Gasteiger charge is 2.11. The van der Waals surface area contributed by atoms with Crippen molar-refractivity contribution in [2.24, 2.45) is 0 Å². The molecule has 0 aliphatic rings. The predicted octanol–water partition coefficient (Wildman–Crippen LogP) is 3.19. The Morgan fingerprint density at radius 2 is 1.88 bits per heavy atom. The van der Waals surface area contributed by atoms with Crippen molar-refractivity contribution in [2.75, 3.05) is 5.32 Å². The van der Waals surface area contributed by atoms with Gasteiger partial charge in [-0.15, -0.1) is 16.4 Å². The van der Waals surface area contributed by atoms with Gasteiger partial charge in [0, 0.05) is 10.9 Å². The second-order valence-corrected chi connectivity index (χ2v) is 6.05. The molecule has 0 spiro atoms. The van der Waals surface area contributed by atoms with Gasteiger partial charge in [0.2, 0.25) is 5.91 Å². The van der Waals surface area contributed by atoms with Gasteiger partial charge < -0.3 is 5.32 Å². The molecule has 0 atom stereocenters. The molecule has 1 amide bonds. The fraction of sp³-hybridized carbons (Fsp3) is 0.0588. The number of aromatic nitrogens is 4. The van der Waals surface area contributed by atoms with Crippen LogP contribution < -0.4 is 5.32 Å². The number of hydrogen-bond acceptors (Lipinski definition) is 5. The van der Waals surface area contributed by atoms with Crippen LogP contribution in [0.3, 0.4) is 0 Å². The van der Waals surface area contributed by atoms with Gasteiger partial charge in [-0.05, 0) is 12.1 Å². The predicted molar refractivity (Wildman–Crippen MR) is 93.7 cm³/mol. The van der Waals surface area contributed by atoms with Crippen LogP contribution in [0.1, 0.15) is 0 Å². The quantitative estimate of drug-likeness (QED) is 0.621. The number of nitrogens with one attached hydrogen (secondary N) is 1. The number of carbonyl (C=O) groups excluding carboxylic acids is 1. The van der Waals surface area contributed by atoms with Crippen LogP contribution in [0, 0.1) is 0 Å². The molecule has 118 valence electrons. The van der Waals surface area contributed by atoms with E-state index in [-0.39, 0.29) is 12.5 Å². The number of anilines is 1. The SMILES string of the molecule is O=C(Cn1nnc2ccccc21)Nc1nc(-c2ccccc2)cs1. The van der Waals surface area contributed by atoms with Gasteiger partial charge in [0.1, 0.15) is 12.1 Å². The Morgan fingerprint density at radius 3 is 2.75 bits per heavy atom. The average Bonchev–Trinajstić information content (AvgIpc) is 3.23. The molecule has 7 heteroatoms. The van der Waals surface area contributed by atoms with Crippen molar-refractivity contribution >= 4 is 33.4 Å². The lowest BCUT2D eigenvalue weighted by Crippen LogP contribution is -2.19.